The third-order valence-corrected chi connectivity index (χ3v) is 7.87. The van der Waals surface area contributed by atoms with E-state index < -0.39 is 0 Å². The smallest absolute Gasteiger partial charge is 0.223 e. The normalized spacial score (nSPS) is 23.9. The first-order valence-electron chi connectivity index (χ1n) is 11.9. The highest BCUT2D eigenvalue weighted by Gasteiger charge is 2.45. The van der Waals surface area contributed by atoms with Gasteiger partial charge >= 0.3 is 0 Å². The molecule has 1 aromatic carbocycles. The van der Waals surface area contributed by atoms with E-state index in [1.165, 1.54) is 24.0 Å². The molecule has 1 aromatic heterocycles. The average molecular weight is 422 g/mol. The van der Waals surface area contributed by atoms with Gasteiger partial charge in [0.15, 0.2) is 0 Å². The number of piperazine rings is 1. The number of carbonyl (C=O) groups excluding carboxylic acids is 1. The SMILES string of the molecule is Cc1ccc(CN2CCC3(CC2)C[C@H](CC(=O)N2CCN(C)CC2)c2ccccc23)o1. The van der Waals surface area contributed by atoms with E-state index in [-0.39, 0.29) is 5.41 Å². The van der Waals surface area contributed by atoms with Gasteiger partial charge in [0.2, 0.25) is 5.91 Å². The molecule has 1 spiro atoms. The average Bonchev–Trinajstić information content (AvgIpc) is 3.32. The molecular weight excluding hydrogens is 386 g/mol. The second kappa shape index (κ2) is 8.44. The van der Waals surface area contributed by atoms with Crippen LogP contribution in [0.25, 0.3) is 0 Å². The largest absolute Gasteiger partial charge is 0.465 e. The summed E-state index contributed by atoms with van der Waals surface area (Å²) < 4.78 is 5.80. The number of rotatable bonds is 4. The van der Waals surface area contributed by atoms with Crippen molar-refractivity contribution in [2.75, 3.05) is 46.3 Å². The molecule has 0 saturated carbocycles. The Kier molecular flexibility index (Phi) is 5.65. The molecule has 0 radical (unpaired) electrons. The molecule has 31 heavy (non-hydrogen) atoms. The van der Waals surface area contributed by atoms with Crippen LogP contribution in [0.3, 0.4) is 0 Å². The van der Waals surface area contributed by atoms with E-state index in [2.05, 4.69) is 58.1 Å². The molecule has 5 heteroatoms. The number of carbonyl (C=O) groups is 1. The quantitative estimate of drug-likeness (QED) is 0.753. The predicted octanol–water partition coefficient (Wildman–Crippen LogP) is 3.77. The highest BCUT2D eigenvalue weighted by molar-refractivity contribution is 5.77. The van der Waals surface area contributed by atoms with Gasteiger partial charge < -0.3 is 14.2 Å². The number of likely N-dealkylation sites (tertiary alicyclic amines) is 1. The first-order chi connectivity index (χ1) is 15.0. The van der Waals surface area contributed by atoms with Crippen molar-refractivity contribution in [1.82, 2.24) is 14.7 Å². The van der Waals surface area contributed by atoms with Crippen molar-refractivity contribution in [1.29, 1.82) is 0 Å². The van der Waals surface area contributed by atoms with E-state index in [1.54, 1.807) is 0 Å². The number of hydrogen-bond acceptors (Lipinski definition) is 4. The molecule has 1 atom stereocenters. The third kappa shape index (κ3) is 4.18. The van der Waals surface area contributed by atoms with Crippen molar-refractivity contribution >= 4 is 5.91 Å². The number of aryl methyl sites for hydroxylation is 1. The number of fused-ring (bicyclic) bond motifs is 2. The van der Waals surface area contributed by atoms with Gasteiger partial charge in [-0.15, -0.1) is 0 Å². The predicted molar refractivity (Wildman–Crippen MR) is 122 cm³/mol. The number of piperidine rings is 1. The lowest BCUT2D eigenvalue weighted by atomic mass is 9.73. The number of furan rings is 1. The van der Waals surface area contributed by atoms with Crippen molar-refractivity contribution < 1.29 is 9.21 Å². The highest BCUT2D eigenvalue weighted by atomic mass is 16.3. The molecule has 2 fully saturated rings. The van der Waals surface area contributed by atoms with Crippen LogP contribution in [0, 0.1) is 6.92 Å². The second-order valence-electron chi connectivity index (χ2n) is 9.95. The Morgan fingerprint density at radius 3 is 2.48 bits per heavy atom. The van der Waals surface area contributed by atoms with Gasteiger partial charge in [0.05, 0.1) is 6.54 Å². The van der Waals surface area contributed by atoms with Gasteiger partial charge in [-0.1, -0.05) is 24.3 Å². The van der Waals surface area contributed by atoms with E-state index in [1.807, 2.05) is 6.92 Å². The Labute approximate surface area is 186 Å². The van der Waals surface area contributed by atoms with Crippen LogP contribution in [0.15, 0.2) is 40.8 Å². The lowest BCUT2D eigenvalue weighted by Gasteiger charge is -2.40. The van der Waals surface area contributed by atoms with Crippen molar-refractivity contribution in [3.05, 3.63) is 59.0 Å². The fourth-order valence-electron chi connectivity index (χ4n) is 6.01. The number of amides is 1. The first kappa shape index (κ1) is 20.8. The summed E-state index contributed by atoms with van der Waals surface area (Å²) in [5, 5.41) is 0. The lowest BCUT2D eigenvalue weighted by Crippen LogP contribution is -2.47. The van der Waals surface area contributed by atoms with Crippen molar-refractivity contribution in [3.63, 3.8) is 0 Å². The Morgan fingerprint density at radius 1 is 1.03 bits per heavy atom. The molecule has 1 amide bonds. The molecular formula is C26H35N3O2. The van der Waals surface area contributed by atoms with Crippen LogP contribution in [-0.4, -0.2) is 66.9 Å². The Bertz CT molecular complexity index is 920. The van der Waals surface area contributed by atoms with Crippen LogP contribution < -0.4 is 0 Å². The van der Waals surface area contributed by atoms with E-state index in [9.17, 15) is 4.79 Å². The summed E-state index contributed by atoms with van der Waals surface area (Å²) in [6.07, 6.45) is 4.13. The van der Waals surface area contributed by atoms with Gasteiger partial charge in [-0.2, -0.15) is 0 Å². The van der Waals surface area contributed by atoms with Gasteiger partial charge in [0.1, 0.15) is 11.5 Å². The van der Waals surface area contributed by atoms with E-state index in [0.717, 1.165) is 63.8 Å². The second-order valence-corrected chi connectivity index (χ2v) is 9.95. The Morgan fingerprint density at radius 2 is 1.77 bits per heavy atom. The summed E-state index contributed by atoms with van der Waals surface area (Å²) in [5.41, 5.74) is 3.18. The number of nitrogens with zero attached hydrogens (tertiary/aromatic N) is 3. The monoisotopic (exact) mass is 421 g/mol. The van der Waals surface area contributed by atoms with E-state index in [4.69, 9.17) is 4.42 Å². The van der Waals surface area contributed by atoms with Crippen LogP contribution in [0.5, 0.6) is 0 Å². The summed E-state index contributed by atoms with van der Waals surface area (Å²) in [5.74, 6) is 2.76. The van der Waals surface area contributed by atoms with Gasteiger partial charge in [0, 0.05) is 32.6 Å². The van der Waals surface area contributed by atoms with Crippen LogP contribution >= 0.6 is 0 Å². The standard InChI is InChI=1S/C26H35N3O2/c1-20-7-8-22(31-20)19-28-11-9-26(10-12-28)18-21(23-5-3-4-6-24(23)26)17-25(30)29-15-13-27(2)14-16-29/h3-8,21H,9-19H2,1-2H3/t21-/m0/s1. The van der Waals surface area contributed by atoms with Gasteiger partial charge in [-0.3, -0.25) is 9.69 Å². The molecule has 0 bridgehead atoms. The zero-order chi connectivity index (χ0) is 21.4. The van der Waals surface area contributed by atoms with Gasteiger partial charge in [-0.05, 0) is 80.9 Å². The first-order valence-corrected chi connectivity index (χ1v) is 11.9. The molecule has 5 rings (SSSR count). The third-order valence-electron chi connectivity index (χ3n) is 7.87. The maximum Gasteiger partial charge on any atom is 0.223 e. The van der Waals surface area contributed by atoms with Crippen molar-refractivity contribution in [2.24, 2.45) is 0 Å². The topological polar surface area (TPSA) is 39.9 Å². The van der Waals surface area contributed by atoms with Gasteiger partial charge in [0.25, 0.3) is 0 Å². The zero-order valence-corrected chi connectivity index (χ0v) is 19.0. The summed E-state index contributed by atoms with van der Waals surface area (Å²) >= 11 is 0. The minimum atomic E-state index is 0.235. The summed E-state index contributed by atoms with van der Waals surface area (Å²) in [6.45, 7) is 8.81. The Balaban J connectivity index is 1.26. The molecule has 1 aliphatic carbocycles. The molecule has 0 unspecified atom stereocenters. The molecule has 2 aliphatic heterocycles. The molecule has 5 nitrogen and oxygen atoms in total. The molecule has 2 aromatic rings. The van der Waals surface area contributed by atoms with Crippen LogP contribution in [0.4, 0.5) is 0 Å². The van der Waals surface area contributed by atoms with E-state index in [0.29, 0.717) is 18.2 Å². The van der Waals surface area contributed by atoms with E-state index >= 15 is 0 Å². The minimum absolute atomic E-state index is 0.235. The maximum absolute atomic E-state index is 13.1. The maximum atomic E-state index is 13.1. The van der Waals surface area contributed by atoms with Crippen molar-refractivity contribution in [2.45, 2.75) is 50.5 Å². The molecule has 2 saturated heterocycles. The number of benzene rings is 1. The Hall–Kier alpha value is -2.11. The molecule has 0 N–H and O–H groups in total. The fraction of sp³-hybridized carbons (Fsp3) is 0.577. The van der Waals surface area contributed by atoms with Gasteiger partial charge in [-0.25, -0.2) is 0 Å². The van der Waals surface area contributed by atoms with Crippen LogP contribution in [-0.2, 0) is 16.8 Å². The molecule has 3 heterocycles. The van der Waals surface area contributed by atoms with Crippen LogP contribution in [0.1, 0.15) is 54.2 Å². The summed E-state index contributed by atoms with van der Waals surface area (Å²) in [6, 6.07) is 13.1. The molecule has 166 valence electrons. The lowest BCUT2D eigenvalue weighted by molar-refractivity contribution is -0.133. The zero-order valence-electron chi connectivity index (χ0n) is 19.0. The fourth-order valence-corrected chi connectivity index (χ4v) is 6.01. The van der Waals surface area contributed by atoms with Crippen LogP contribution in [0.2, 0.25) is 0 Å². The number of hydrogen-bond donors (Lipinski definition) is 0. The summed E-state index contributed by atoms with van der Waals surface area (Å²) in [7, 11) is 2.14. The highest BCUT2D eigenvalue weighted by Crippen LogP contribution is 2.52. The van der Waals surface area contributed by atoms with Crippen molar-refractivity contribution in [3.8, 4) is 0 Å². The summed E-state index contributed by atoms with van der Waals surface area (Å²) in [4.78, 5) is 20.0. The number of likely N-dealkylation sites (N-methyl/N-ethyl adjacent to an activating group) is 1. The minimum Gasteiger partial charge on any atom is -0.465 e. The molecule has 3 aliphatic rings.